The highest BCUT2D eigenvalue weighted by Crippen LogP contribution is 2.47. The molecule has 87 heavy (non-hydrogen) atoms. The van der Waals surface area contributed by atoms with Crippen LogP contribution in [0.1, 0.15) is 157 Å². The van der Waals surface area contributed by atoms with E-state index >= 15 is 0 Å². The summed E-state index contributed by atoms with van der Waals surface area (Å²) in [4.78, 5) is 61.1. The van der Waals surface area contributed by atoms with Gasteiger partial charge in [0.2, 0.25) is 11.0 Å². The number of ether oxygens (including phenoxy) is 1. The Morgan fingerprint density at radius 1 is 0.598 bits per heavy atom. The lowest BCUT2D eigenvalue weighted by molar-refractivity contribution is -0.526. The Bertz CT molecular complexity index is 3370. The minimum absolute atomic E-state index is 0.00402. The van der Waals surface area contributed by atoms with Crippen LogP contribution in [0, 0.1) is 0 Å². The fraction of sp³-hybridized carbons (Fsp3) is 0.427. The number of likely N-dealkylation sites (N-methyl/N-ethyl adjacent to an activating group) is 1. The zero-order valence-corrected chi connectivity index (χ0v) is 54.7. The molecule has 0 radical (unpaired) electrons. The molecule has 7 unspecified atom stereocenters. The number of carbonyl (C=O) groups is 5. The van der Waals surface area contributed by atoms with Crippen LogP contribution in [-0.2, 0) is 53.1 Å². The summed E-state index contributed by atoms with van der Waals surface area (Å²) in [5.41, 5.74) is 12.4. The van der Waals surface area contributed by atoms with Gasteiger partial charge in [0.15, 0.2) is 35.2 Å². The number of rotatable bonds is 21. The number of hydrogen-bond acceptors (Lipinski definition) is 8. The van der Waals surface area contributed by atoms with Crippen LogP contribution in [0.4, 0.5) is 0 Å². The molecule has 4 aliphatic heterocycles. The normalized spacial score (nSPS) is 23.3. The summed E-state index contributed by atoms with van der Waals surface area (Å²) in [6.07, 6.45) is 11.6. The fourth-order valence-corrected chi connectivity index (χ4v) is 15.6. The Hall–Kier alpha value is -6.89. The number of Topliss-reactive ketones (excluding diaryl/α,β-unsaturated/α-hetero) is 1. The van der Waals surface area contributed by atoms with Crippen molar-refractivity contribution in [2.24, 2.45) is 0 Å². The Labute approximate surface area is 527 Å². The first-order valence-electron chi connectivity index (χ1n) is 31.5. The van der Waals surface area contributed by atoms with Gasteiger partial charge in [-0.3, -0.25) is 19.2 Å². The topological polar surface area (TPSA) is 116 Å². The molecule has 2 fully saturated rings. The Morgan fingerprint density at radius 2 is 1.03 bits per heavy atom. The summed E-state index contributed by atoms with van der Waals surface area (Å²) in [7, 11) is 6.34. The van der Waals surface area contributed by atoms with Crippen molar-refractivity contribution in [1.29, 1.82) is 0 Å². The van der Waals surface area contributed by atoms with E-state index in [0.717, 1.165) is 80.4 Å². The van der Waals surface area contributed by atoms with E-state index in [0.29, 0.717) is 37.1 Å². The molecule has 0 spiro atoms. The maximum atomic E-state index is 13.3. The number of carbonyl (C=O) groups excluding carboxylic acids is 5. The van der Waals surface area contributed by atoms with Crippen molar-refractivity contribution >= 4 is 62.8 Å². The molecular weight excluding hydrogens is 1120 g/mol. The van der Waals surface area contributed by atoms with E-state index in [2.05, 4.69) is 172 Å². The number of likely N-dealkylation sites (tertiary alicyclic amines) is 1. The van der Waals surface area contributed by atoms with Gasteiger partial charge in [0.1, 0.15) is 41.9 Å². The molecule has 12 heteroatoms. The Kier molecular flexibility index (Phi) is 23.0. The largest absolute Gasteiger partial charge is 0.484 e. The number of amides is 2. The number of nitrogens with one attached hydrogen (secondary N) is 1. The van der Waals surface area contributed by atoms with Crippen molar-refractivity contribution in [2.75, 3.05) is 39.3 Å². The third-order valence-electron chi connectivity index (χ3n) is 18.8. The van der Waals surface area contributed by atoms with Crippen LogP contribution in [0.25, 0.3) is 0 Å². The molecule has 10 nitrogen and oxygen atoms in total. The van der Waals surface area contributed by atoms with E-state index in [1.54, 1.807) is 26.0 Å². The molecule has 2 saturated heterocycles. The van der Waals surface area contributed by atoms with Gasteiger partial charge in [-0.1, -0.05) is 189 Å². The van der Waals surface area contributed by atoms with Gasteiger partial charge in [0, 0.05) is 63.6 Å². The van der Waals surface area contributed by atoms with Gasteiger partial charge in [0.05, 0.1) is 6.04 Å². The van der Waals surface area contributed by atoms with Gasteiger partial charge in [0.25, 0.3) is 5.91 Å². The number of benzene rings is 6. The van der Waals surface area contributed by atoms with Crippen LogP contribution in [-0.4, -0.2) is 117 Å². The monoisotopic (exact) mass is 1210 g/mol. The number of thioether (sulfide) groups is 2. The molecule has 10 rings (SSSR count). The molecule has 6 aromatic carbocycles. The summed E-state index contributed by atoms with van der Waals surface area (Å²) in [5, 5.41) is 2.94. The van der Waals surface area contributed by atoms with Crippen LogP contribution < -0.4 is 10.1 Å². The van der Waals surface area contributed by atoms with Crippen molar-refractivity contribution in [3.63, 3.8) is 0 Å². The maximum absolute atomic E-state index is 13.3. The maximum Gasteiger partial charge on any atom is 0.258 e. The molecule has 4 heterocycles. The number of ketones is 1. The highest BCUT2D eigenvalue weighted by Gasteiger charge is 2.53. The molecule has 0 saturated carbocycles. The summed E-state index contributed by atoms with van der Waals surface area (Å²) in [6.45, 7) is 14.5. The Balaban J connectivity index is 0.000000170. The van der Waals surface area contributed by atoms with E-state index in [-0.39, 0.29) is 51.3 Å². The van der Waals surface area contributed by atoms with E-state index in [4.69, 9.17) is 4.74 Å². The van der Waals surface area contributed by atoms with Crippen molar-refractivity contribution in [3.8, 4) is 5.75 Å². The lowest BCUT2D eigenvalue weighted by Gasteiger charge is -2.29. The van der Waals surface area contributed by atoms with Gasteiger partial charge in [-0.05, 0) is 129 Å². The van der Waals surface area contributed by atoms with E-state index < -0.39 is 11.5 Å². The van der Waals surface area contributed by atoms with E-state index in [1.165, 1.54) is 68.3 Å². The molecule has 2 amide bonds. The number of hydrogen-bond donors (Lipinski definition) is 1. The average molecular weight is 1210 g/mol. The van der Waals surface area contributed by atoms with Gasteiger partial charge >= 0.3 is 0 Å². The van der Waals surface area contributed by atoms with Crippen molar-refractivity contribution in [2.45, 2.75) is 166 Å². The zero-order chi connectivity index (χ0) is 62.3. The predicted molar refractivity (Wildman–Crippen MR) is 358 cm³/mol. The molecule has 0 aromatic heterocycles. The van der Waals surface area contributed by atoms with Gasteiger partial charge in [-0.25, -0.2) is 9.15 Å². The molecule has 6 aromatic rings. The SMILES string of the molecule is CC1CC(c2ccccc2)(c2ccc(OCC(=O)NC3CCSC3=O)cc2)C(=O)N1C.CCC1=[N+](C)C(C)CC1(c1ccccc1)c1ccc(CCCC(C)=O)cc1.CCC1=[N+](C)C(C)CC1(c1ccccc1)c1ccc(CCCCSC(C)=O)cc1. The average Bonchev–Trinajstić information content (AvgIpc) is 1.76. The van der Waals surface area contributed by atoms with Crippen molar-refractivity contribution in [1.82, 2.24) is 10.2 Å². The molecular formula is C75H92N4O6S2+2. The molecule has 1 N–H and O–H groups in total. The second kappa shape index (κ2) is 30.3. The number of unbranched alkanes of at least 4 members (excludes halogenated alkanes) is 1. The lowest BCUT2D eigenvalue weighted by atomic mass is 9.68. The smallest absolute Gasteiger partial charge is 0.258 e. The van der Waals surface area contributed by atoms with E-state index in [1.807, 2.05) is 54.4 Å². The van der Waals surface area contributed by atoms with E-state index in [9.17, 15) is 24.0 Å². The second-order valence-electron chi connectivity index (χ2n) is 24.3. The minimum atomic E-state index is -0.730. The van der Waals surface area contributed by atoms with Crippen LogP contribution in [0.2, 0.25) is 0 Å². The molecule has 458 valence electrons. The first-order valence-corrected chi connectivity index (χ1v) is 33.5. The standard InChI is InChI=1S/C26H34NOS.C25H32NO.C24H26N2O4S/c1-5-25-26(19-20(2)27(25)4,23-12-7-6-8-13-23)24-16-14-22(15-17-24)11-9-10-18-29-21(3)28;1-5-24-25(18-19(2)26(24)4,22-12-7-6-8-13-22)23-16-14-21(15-17-23)11-9-10-20(3)27;1-16-14-24(23(29)26(16)2,17-6-4-3-5-7-17)18-8-10-19(11-9-18)30-15-21(27)25-20-12-13-31-22(20)28/h6-8,12-17,20H,5,9-11,18-19H2,1-4H3;6-8,12-17,19H,5,9-11,18H2,1-4H3;3-11,16,20H,12-15H2,1-2H3,(H,25,27)/q2*+1;. The second-order valence-corrected chi connectivity index (χ2v) is 26.7. The first-order chi connectivity index (χ1) is 41.9. The molecule has 0 aliphatic carbocycles. The third kappa shape index (κ3) is 15.0. The Morgan fingerprint density at radius 3 is 1.45 bits per heavy atom. The first kappa shape index (κ1) is 66.1. The van der Waals surface area contributed by atoms with Crippen LogP contribution in [0.3, 0.4) is 0 Å². The molecule has 0 bridgehead atoms. The van der Waals surface area contributed by atoms with Gasteiger partial charge in [-0.15, -0.1) is 0 Å². The minimum Gasteiger partial charge on any atom is -0.484 e. The highest BCUT2D eigenvalue weighted by molar-refractivity contribution is 8.14. The fourth-order valence-electron chi connectivity index (χ4n) is 14.0. The quantitative estimate of drug-likeness (QED) is 0.0560. The molecule has 4 aliphatic rings. The number of nitrogens with zero attached hydrogens (tertiary/aromatic N) is 3. The zero-order valence-electron chi connectivity index (χ0n) is 53.1. The lowest BCUT2D eigenvalue weighted by Crippen LogP contribution is -2.39. The van der Waals surface area contributed by atoms with Crippen molar-refractivity contribution in [3.05, 3.63) is 208 Å². The summed E-state index contributed by atoms with van der Waals surface area (Å²) in [6, 6.07) is 58.5. The van der Waals surface area contributed by atoms with Crippen LogP contribution in [0.15, 0.2) is 164 Å². The van der Waals surface area contributed by atoms with Crippen LogP contribution in [0.5, 0.6) is 5.75 Å². The third-order valence-corrected chi connectivity index (χ3v) is 20.7. The van der Waals surface area contributed by atoms with Crippen LogP contribution >= 0.6 is 23.5 Å². The molecule has 7 atom stereocenters. The van der Waals surface area contributed by atoms with Crippen molar-refractivity contribution < 1.29 is 37.9 Å². The highest BCUT2D eigenvalue weighted by atomic mass is 32.2. The van der Waals surface area contributed by atoms with Gasteiger partial charge in [-0.2, -0.15) is 0 Å². The van der Waals surface area contributed by atoms with Gasteiger partial charge < -0.3 is 19.7 Å². The summed E-state index contributed by atoms with van der Waals surface area (Å²) in [5.74, 6) is 2.26. The summed E-state index contributed by atoms with van der Waals surface area (Å²) >= 11 is 2.69. The predicted octanol–water partition coefficient (Wildman–Crippen LogP) is 13.8. The number of aryl methyl sites for hydroxylation is 2. The summed E-state index contributed by atoms with van der Waals surface area (Å²) < 4.78 is 10.6.